The van der Waals surface area contributed by atoms with Crippen molar-refractivity contribution in [3.8, 4) is 17.0 Å². The van der Waals surface area contributed by atoms with Crippen molar-refractivity contribution in [1.82, 2.24) is 19.7 Å². The number of benzene rings is 2. The van der Waals surface area contributed by atoms with E-state index in [0.29, 0.717) is 42.1 Å². The smallest absolute Gasteiger partial charge is 0.387 e. The third-order valence-corrected chi connectivity index (χ3v) is 6.18. The molecule has 40 heavy (non-hydrogen) atoms. The van der Waals surface area contributed by atoms with Gasteiger partial charge in [-0.05, 0) is 69.1 Å². The average molecular weight is 581 g/mol. The maximum atomic E-state index is 14.8. The molecule has 0 bridgehead atoms. The van der Waals surface area contributed by atoms with E-state index in [9.17, 15) is 22.4 Å². The Morgan fingerprint density at radius 1 is 1.15 bits per heavy atom. The Bertz CT molecular complexity index is 1510. The predicted octanol–water partition coefficient (Wildman–Crippen LogP) is 5.86. The lowest BCUT2D eigenvalue weighted by Crippen LogP contribution is -2.45. The molecule has 0 radical (unpaired) electrons. The van der Waals surface area contributed by atoms with E-state index in [2.05, 4.69) is 25.3 Å². The van der Waals surface area contributed by atoms with Gasteiger partial charge in [-0.3, -0.25) is 9.20 Å². The minimum absolute atomic E-state index is 0. The van der Waals surface area contributed by atoms with E-state index in [4.69, 9.17) is 5.73 Å². The van der Waals surface area contributed by atoms with Gasteiger partial charge in [-0.15, -0.1) is 12.4 Å². The molecule has 4 aromatic rings. The molecule has 2 aromatic heterocycles. The van der Waals surface area contributed by atoms with Gasteiger partial charge in [-0.25, -0.2) is 14.4 Å². The number of rotatable bonds is 10. The zero-order valence-electron chi connectivity index (χ0n) is 22.0. The van der Waals surface area contributed by atoms with Gasteiger partial charge < -0.3 is 21.1 Å². The van der Waals surface area contributed by atoms with Gasteiger partial charge in [0.1, 0.15) is 0 Å². The number of nitrogens with one attached hydrogen (secondary N) is 2. The molecule has 13 heteroatoms. The number of imidazole rings is 1. The number of aromatic nitrogens is 3. The highest BCUT2D eigenvalue weighted by Crippen LogP contribution is 2.32. The van der Waals surface area contributed by atoms with Crippen LogP contribution < -0.4 is 21.1 Å². The number of fused-ring (bicyclic) bond motifs is 1. The summed E-state index contributed by atoms with van der Waals surface area (Å²) in [5.41, 5.74) is 7.47. The Morgan fingerprint density at radius 2 is 1.90 bits per heavy atom. The number of carbonyl (C=O) groups is 1. The van der Waals surface area contributed by atoms with Gasteiger partial charge in [0.15, 0.2) is 23.0 Å². The molecule has 0 saturated carbocycles. The van der Waals surface area contributed by atoms with Crippen LogP contribution in [0.1, 0.15) is 43.1 Å². The second-order valence-electron chi connectivity index (χ2n) is 9.46. The number of nitrogens with zero attached hydrogens (tertiary/aromatic N) is 3. The monoisotopic (exact) mass is 580 g/mol. The lowest BCUT2D eigenvalue weighted by molar-refractivity contribution is -0.0525. The number of aryl methyl sites for hydroxylation is 1. The molecule has 4 rings (SSSR count). The number of hydrogen-bond donors (Lipinski definition) is 3. The minimum atomic E-state index is -3.29. The van der Waals surface area contributed by atoms with Gasteiger partial charge in [-0.2, -0.15) is 13.2 Å². The van der Waals surface area contributed by atoms with Crippen molar-refractivity contribution in [2.75, 3.05) is 11.9 Å². The fourth-order valence-corrected chi connectivity index (χ4v) is 4.24. The standard InChI is InChI=1S/C27H28F4N6O2.ClH/c1-4-15-13-16(5-6-17(15)25(38)36-27(2,3)9-10-32)35-23-24-34-14-19(37(24)12-11-33-23)18-7-8-20(39-26(30)31)22(29)21(18)28;/h5-8,11-14,26H,4,9-10,32H2,1-3H3,(H,33,35)(H,36,38);1H. The lowest BCUT2D eigenvalue weighted by Gasteiger charge is -2.26. The molecule has 0 aliphatic carbocycles. The van der Waals surface area contributed by atoms with Crippen LogP contribution >= 0.6 is 12.4 Å². The van der Waals surface area contributed by atoms with Crippen LogP contribution in [0.3, 0.4) is 0 Å². The fraction of sp³-hybridized carbons (Fsp3) is 0.296. The molecule has 214 valence electrons. The quantitative estimate of drug-likeness (QED) is 0.203. The molecule has 0 aliphatic rings. The van der Waals surface area contributed by atoms with Crippen molar-refractivity contribution in [3.05, 3.63) is 71.7 Å². The van der Waals surface area contributed by atoms with Crippen LogP contribution in [0.4, 0.5) is 29.1 Å². The number of anilines is 2. The first-order valence-electron chi connectivity index (χ1n) is 12.2. The van der Waals surface area contributed by atoms with Gasteiger partial charge in [0.2, 0.25) is 5.82 Å². The maximum Gasteiger partial charge on any atom is 0.387 e. The number of amides is 1. The first-order chi connectivity index (χ1) is 18.5. The second kappa shape index (κ2) is 12.5. The third kappa shape index (κ3) is 6.45. The Morgan fingerprint density at radius 3 is 2.58 bits per heavy atom. The normalized spacial score (nSPS) is 11.4. The first kappa shape index (κ1) is 30.6. The third-order valence-electron chi connectivity index (χ3n) is 6.18. The second-order valence-corrected chi connectivity index (χ2v) is 9.46. The first-order valence-corrected chi connectivity index (χ1v) is 12.2. The summed E-state index contributed by atoms with van der Waals surface area (Å²) in [4.78, 5) is 21.5. The topological polar surface area (TPSA) is 107 Å². The SMILES string of the molecule is CCc1cc(Nc2nccn3c(-c4ccc(OC(F)F)c(F)c4F)cnc23)ccc1C(=O)NC(C)(C)CCN.Cl. The minimum Gasteiger partial charge on any atom is -0.432 e. The van der Waals surface area contributed by atoms with Crippen LogP contribution in [-0.2, 0) is 6.42 Å². The zero-order valence-corrected chi connectivity index (χ0v) is 22.8. The van der Waals surface area contributed by atoms with Crippen molar-refractivity contribution in [1.29, 1.82) is 0 Å². The van der Waals surface area contributed by atoms with Crippen LogP contribution in [-0.4, -0.2) is 39.0 Å². The van der Waals surface area contributed by atoms with E-state index >= 15 is 0 Å². The van der Waals surface area contributed by atoms with Crippen LogP contribution in [0.15, 0.2) is 48.9 Å². The van der Waals surface area contributed by atoms with Crippen molar-refractivity contribution < 1.29 is 27.1 Å². The fourth-order valence-electron chi connectivity index (χ4n) is 4.24. The average Bonchev–Trinajstić information content (AvgIpc) is 3.31. The molecular formula is C27H29ClF4N6O2. The summed E-state index contributed by atoms with van der Waals surface area (Å²) in [6, 6.07) is 7.35. The number of halogens is 5. The molecule has 2 aromatic carbocycles. The highest BCUT2D eigenvalue weighted by atomic mass is 35.5. The summed E-state index contributed by atoms with van der Waals surface area (Å²) in [5, 5.41) is 6.18. The molecule has 0 aliphatic heterocycles. The van der Waals surface area contributed by atoms with Crippen molar-refractivity contribution >= 4 is 35.5 Å². The molecule has 0 unspecified atom stereocenters. The number of alkyl halides is 2. The molecular weight excluding hydrogens is 552 g/mol. The van der Waals surface area contributed by atoms with E-state index in [0.717, 1.165) is 17.7 Å². The highest BCUT2D eigenvalue weighted by Gasteiger charge is 2.23. The summed E-state index contributed by atoms with van der Waals surface area (Å²) in [5.74, 6) is -3.65. The van der Waals surface area contributed by atoms with Crippen molar-refractivity contribution in [2.24, 2.45) is 5.73 Å². The molecule has 0 fully saturated rings. The van der Waals surface area contributed by atoms with Crippen LogP contribution in [0.25, 0.3) is 16.9 Å². The molecule has 8 nitrogen and oxygen atoms in total. The number of nitrogens with two attached hydrogens (primary N) is 1. The van der Waals surface area contributed by atoms with E-state index in [-0.39, 0.29) is 29.6 Å². The molecule has 2 heterocycles. The Kier molecular flexibility index (Phi) is 9.59. The summed E-state index contributed by atoms with van der Waals surface area (Å²) < 4.78 is 59.6. The van der Waals surface area contributed by atoms with Crippen molar-refractivity contribution in [2.45, 2.75) is 45.8 Å². The van der Waals surface area contributed by atoms with Gasteiger partial charge in [0.25, 0.3) is 5.91 Å². The van der Waals surface area contributed by atoms with E-state index in [1.54, 1.807) is 12.1 Å². The lowest BCUT2D eigenvalue weighted by atomic mass is 9.98. The van der Waals surface area contributed by atoms with Gasteiger partial charge in [-0.1, -0.05) is 6.92 Å². The van der Waals surface area contributed by atoms with Crippen LogP contribution in [0.5, 0.6) is 5.75 Å². The summed E-state index contributed by atoms with van der Waals surface area (Å²) in [6.45, 7) is 2.92. The maximum absolute atomic E-state index is 14.8. The Hall–Kier alpha value is -3.90. The van der Waals surface area contributed by atoms with Crippen LogP contribution in [0.2, 0.25) is 0 Å². The molecule has 4 N–H and O–H groups in total. The van der Waals surface area contributed by atoms with E-state index in [1.165, 1.54) is 23.0 Å². The predicted molar refractivity (Wildman–Crippen MR) is 147 cm³/mol. The van der Waals surface area contributed by atoms with Crippen LogP contribution in [0, 0.1) is 11.6 Å². The van der Waals surface area contributed by atoms with E-state index in [1.807, 2.05) is 26.8 Å². The Labute approximate surface area is 234 Å². The van der Waals surface area contributed by atoms with Gasteiger partial charge in [0.05, 0.1) is 11.9 Å². The summed E-state index contributed by atoms with van der Waals surface area (Å²) >= 11 is 0. The van der Waals surface area contributed by atoms with Crippen molar-refractivity contribution in [3.63, 3.8) is 0 Å². The van der Waals surface area contributed by atoms with Gasteiger partial charge in [0, 0.05) is 34.7 Å². The van der Waals surface area contributed by atoms with E-state index < -0.39 is 29.5 Å². The summed E-state index contributed by atoms with van der Waals surface area (Å²) in [7, 11) is 0. The number of ether oxygens (including phenoxy) is 1. The number of carbonyl (C=O) groups excluding carboxylic acids is 1. The summed E-state index contributed by atoms with van der Waals surface area (Å²) in [6.07, 6.45) is 5.51. The van der Waals surface area contributed by atoms with Gasteiger partial charge >= 0.3 is 6.61 Å². The molecule has 0 saturated heterocycles. The largest absolute Gasteiger partial charge is 0.432 e. The zero-order chi connectivity index (χ0) is 28.3. The Balaban J connectivity index is 0.00000441. The molecule has 1 amide bonds. The molecule has 0 spiro atoms. The number of hydrogen-bond acceptors (Lipinski definition) is 6. The highest BCUT2D eigenvalue weighted by molar-refractivity contribution is 5.96. The molecule has 0 atom stereocenters.